The van der Waals surface area contributed by atoms with Gasteiger partial charge in [0, 0.05) is 22.6 Å². The number of cyclic esters (lactones) is 1. The van der Waals surface area contributed by atoms with Crippen LogP contribution in [0.2, 0.25) is 0 Å². The van der Waals surface area contributed by atoms with E-state index in [4.69, 9.17) is 20.2 Å². The predicted octanol–water partition coefficient (Wildman–Crippen LogP) is 3.12. The third kappa shape index (κ3) is 4.70. The molecule has 3 aromatic rings. The van der Waals surface area contributed by atoms with Crippen LogP contribution in [0.4, 0.5) is 8.78 Å². The number of ether oxygens (including phenoxy) is 2. The molecule has 11 heteroatoms. The molecule has 3 N–H and O–H groups in total. The van der Waals surface area contributed by atoms with Gasteiger partial charge in [0.15, 0.2) is 6.10 Å². The highest BCUT2D eigenvalue weighted by Gasteiger charge is 2.37. The second-order valence-electron chi connectivity index (χ2n) is 9.08. The van der Waals surface area contributed by atoms with Gasteiger partial charge in [-0.3, -0.25) is 14.0 Å². The van der Waals surface area contributed by atoms with Gasteiger partial charge in [-0.1, -0.05) is 13.8 Å². The lowest BCUT2D eigenvalue weighted by Crippen LogP contribution is -2.37. The van der Waals surface area contributed by atoms with Crippen molar-refractivity contribution in [2.75, 3.05) is 20.5 Å². The summed E-state index contributed by atoms with van der Waals surface area (Å²) in [4.78, 5) is 42.2. The van der Waals surface area contributed by atoms with E-state index in [1.165, 1.54) is 6.07 Å². The fraction of sp³-hybridized carbons (Fsp3) is 0.429. The van der Waals surface area contributed by atoms with Gasteiger partial charge in [-0.15, -0.1) is 0 Å². The number of alkyl halides is 1. The molecule has 1 unspecified atom stereocenters. The summed E-state index contributed by atoms with van der Waals surface area (Å²) in [5.74, 6) is -1.38. The Hall–Kier alpha value is -3.70. The topological polar surface area (TPSA) is 126 Å². The van der Waals surface area contributed by atoms with Crippen LogP contribution in [-0.4, -0.2) is 41.9 Å². The van der Waals surface area contributed by atoms with Gasteiger partial charge in [0.05, 0.1) is 42.7 Å². The first-order chi connectivity index (χ1) is 18.9. The SMILES string of the molecule is CC.CF.Cc1c(F)cc2nc3c(c4c2c1CCC4)Cn1c-3cc2c(c1=O)COC(=O)C2OCNC(=O)CN. The Kier molecular flexibility index (Phi) is 8.41. The van der Waals surface area contributed by atoms with Gasteiger partial charge >= 0.3 is 5.97 Å². The summed E-state index contributed by atoms with van der Waals surface area (Å²) in [6.45, 7) is 5.52. The molecule has 208 valence electrons. The minimum atomic E-state index is -1.18. The number of benzene rings is 1. The summed E-state index contributed by atoms with van der Waals surface area (Å²) >= 11 is 0. The summed E-state index contributed by atoms with van der Waals surface area (Å²) in [5.41, 5.74) is 11.2. The van der Waals surface area contributed by atoms with Gasteiger partial charge in [0.25, 0.3) is 5.56 Å². The predicted molar refractivity (Wildman–Crippen MR) is 141 cm³/mol. The number of rotatable bonds is 4. The first-order valence-electron chi connectivity index (χ1n) is 12.9. The number of pyridine rings is 2. The van der Waals surface area contributed by atoms with E-state index in [0.29, 0.717) is 47.3 Å². The number of amides is 1. The van der Waals surface area contributed by atoms with Gasteiger partial charge in [-0.25, -0.2) is 14.2 Å². The van der Waals surface area contributed by atoms with Crippen molar-refractivity contribution < 1.29 is 27.8 Å². The van der Waals surface area contributed by atoms with E-state index in [1.807, 2.05) is 13.8 Å². The highest BCUT2D eigenvalue weighted by atomic mass is 19.1. The van der Waals surface area contributed by atoms with Crippen LogP contribution in [-0.2, 0) is 45.1 Å². The molecule has 2 aromatic heterocycles. The Morgan fingerprint density at radius 1 is 1.18 bits per heavy atom. The number of aryl methyl sites for hydroxylation is 2. The lowest BCUT2D eigenvalue weighted by atomic mass is 9.85. The van der Waals surface area contributed by atoms with Crippen LogP contribution in [0.25, 0.3) is 22.3 Å². The zero-order valence-corrected chi connectivity index (χ0v) is 22.5. The number of esters is 1. The van der Waals surface area contributed by atoms with E-state index in [1.54, 1.807) is 17.6 Å². The summed E-state index contributed by atoms with van der Waals surface area (Å²) in [6.07, 6.45) is 1.35. The monoisotopic (exact) mass is 542 g/mol. The Morgan fingerprint density at radius 3 is 2.62 bits per heavy atom. The Balaban J connectivity index is 0.000000845. The number of aromatic nitrogens is 2. The fourth-order valence-electron chi connectivity index (χ4n) is 5.49. The minimum absolute atomic E-state index is 0.157. The Morgan fingerprint density at radius 2 is 1.90 bits per heavy atom. The fourth-order valence-corrected chi connectivity index (χ4v) is 5.49. The summed E-state index contributed by atoms with van der Waals surface area (Å²) in [7, 11) is 0.500. The standard InChI is InChI=1S/C25H23FN4O5.C2H6.CH3F/c1-11-12-3-2-4-13-15-8-30-19(22(15)29-18(21(12)13)6-17(11)26)5-14-16(24(30)32)9-34-25(33)23(14)35-10-28-20(31)7-27;2*1-2/h5-6,23H,2-4,7-10,27H2,1H3,(H,28,31);1-2H3;1H3. The second-order valence-corrected chi connectivity index (χ2v) is 9.08. The lowest BCUT2D eigenvalue weighted by molar-refractivity contribution is -0.163. The Bertz CT molecular complexity index is 1520. The smallest absolute Gasteiger partial charge is 0.340 e. The van der Waals surface area contributed by atoms with Gasteiger partial charge in [0.2, 0.25) is 5.91 Å². The van der Waals surface area contributed by atoms with Crippen molar-refractivity contribution in [1.29, 1.82) is 0 Å². The van der Waals surface area contributed by atoms with Gasteiger partial charge in [-0.2, -0.15) is 0 Å². The summed E-state index contributed by atoms with van der Waals surface area (Å²) < 4.78 is 36.6. The largest absolute Gasteiger partial charge is 0.458 e. The molecular formula is C28H32F2N4O5. The van der Waals surface area contributed by atoms with Crippen molar-refractivity contribution in [3.63, 3.8) is 0 Å². The average molecular weight is 543 g/mol. The number of nitrogens with zero attached hydrogens (tertiary/aromatic N) is 2. The number of halogens is 2. The van der Waals surface area contributed by atoms with Crippen LogP contribution in [0.5, 0.6) is 0 Å². The summed E-state index contributed by atoms with van der Waals surface area (Å²) in [6, 6.07) is 3.20. The molecule has 1 amide bonds. The number of nitrogens with one attached hydrogen (secondary N) is 1. The molecule has 1 aliphatic carbocycles. The quantitative estimate of drug-likeness (QED) is 0.300. The zero-order valence-electron chi connectivity index (χ0n) is 22.5. The highest BCUT2D eigenvalue weighted by molar-refractivity contribution is 5.92. The molecular weight excluding hydrogens is 510 g/mol. The van der Waals surface area contributed by atoms with Gasteiger partial charge in [0.1, 0.15) is 19.2 Å². The molecule has 6 rings (SSSR count). The van der Waals surface area contributed by atoms with E-state index in [2.05, 4.69) is 5.32 Å². The van der Waals surface area contributed by atoms with Crippen LogP contribution < -0.4 is 16.6 Å². The van der Waals surface area contributed by atoms with Crippen molar-refractivity contribution in [3.05, 3.63) is 61.7 Å². The molecule has 3 aliphatic rings. The van der Waals surface area contributed by atoms with Crippen LogP contribution in [0, 0.1) is 12.7 Å². The van der Waals surface area contributed by atoms with Crippen molar-refractivity contribution >= 4 is 22.8 Å². The number of nitrogens with two attached hydrogens (primary N) is 1. The van der Waals surface area contributed by atoms with Crippen LogP contribution in [0.1, 0.15) is 59.8 Å². The van der Waals surface area contributed by atoms with E-state index in [0.717, 1.165) is 41.3 Å². The molecule has 39 heavy (non-hydrogen) atoms. The number of hydrogen-bond donors (Lipinski definition) is 2. The van der Waals surface area contributed by atoms with E-state index in [-0.39, 0.29) is 31.3 Å². The van der Waals surface area contributed by atoms with E-state index >= 15 is 0 Å². The van der Waals surface area contributed by atoms with E-state index < -0.39 is 18.0 Å². The first-order valence-corrected chi connectivity index (χ1v) is 12.9. The minimum Gasteiger partial charge on any atom is -0.458 e. The van der Waals surface area contributed by atoms with E-state index in [9.17, 15) is 23.2 Å². The molecule has 4 heterocycles. The van der Waals surface area contributed by atoms with Crippen molar-refractivity contribution in [2.45, 2.75) is 59.3 Å². The van der Waals surface area contributed by atoms with Crippen molar-refractivity contribution in [2.24, 2.45) is 5.73 Å². The number of carbonyl (C=O) groups excluding carboxylic acids is 2. The highest BCUT2D eigenvalue weighted by Crippen LogP contribution is 2.42. The van der Waals surface area contributed by atoms with Gasteiger partial charge < -0.3 is 25.1 Å². The van der Waals surface area contributed by atoms with Crippen LogP contribution >= 0.6 is 0 Å². The third-order valence-electron chi connectivity index (χ3n) is 7.22. The molecule has 2 aliphatic heterocycles. The maximum absolute atomic E-state index is 14.7. The zero-order chi connectivity index (χ0) is 28.4. The number of fused-ring (bicyclic) bond motifs is 5. The van der Waals surface area contributed by atoms with Crippen molar-refractivity contribution in [1.82, 2.24) is 14.9 Å². The maximum Gasteiger partial charge on any atom is 0.340 e. The van der Waals surface area contributed by atoms with Gasteiger partial charge in [-0.05, 0) is 48.9 Å². The van der Waals surface area contributed by atoms with Crippen molar-refractivity contribution in [3.8, 4) is 11.4 Å². The molecule has 0 saturated heterocycles. The second kappa shape index (κ2) is 11.6. The number of carbonyl (C=O) groups is 2. The molecule has 1 atom stereocenters. The average Bonchev–Trinajstić information content (AvgIpc) is 3.34. The number of hydrogen-bond acceptors (Lipinski definition) is 7. The Labute approximate surface area is 224 Å². The normalized spacial score (nSPS) is 16.1. The summed E-state index contributed by atoms with van der Waals surface area (Å²) in [5, 5.41) is 3.44. The molecule has 0 spiro atoms. The molecule has 0 bridgehead atoms. The molecule has 0 saturated carbocycles. The third-order valence-corrected chi connectivity index (χ3v) is 7.22. The molecule has 0 fully saturated rings. The maximum atomic E-state index is 14.7. The lowest BCUT2D eigenvalue weighted by Gasteiger charge is -2.25. The molecule has 0 radical (unpaired) electrons. The van der Waals surface area contributed by atoms with Crippen LogP contribution in [0.3, 0.4) is 0 Å². The van der Waals surface area contributed by atoms with Crippen LogP contribution in [0.15, 0.2) is 16.9 Å². The molecule has 9 nitrogen and oxygen atoms in total. The molecule has 1 aromatic carbocycles. The first kappa shape index (κ1) is 28.3.